The second-order valence-corrected chi connectivity index (χ2v) is 6.93. The summed E-state index contributed by atoms with van der Waals surface area (Å²) < 4.78 is 0. The third-order valence-corrected chi connectivity index (χ3v) is 3.98. The van der Waals surface area contributed by atoms with Gasteiger partial charge in [0.2, 0.25) is 0 Å². The van der Waals surface area contributed by atoms with Crippen LogP contribution in [0.4, 0.5) is 0 Å². The minimum Gasteiger partial charge on any atom is -0.294 e. The van der Waals surface area contributed by atoms with Crippen LogP contribution in [0.2, 0.25) is 5.02 Å². The van der Waals surface area contributed by atoms with E-state index in [4.69, 9.17) is 11.6 Å². The first-order chi connectivity index (χ1) is 9.77. The molecule has 2 aromatic carbocycles. The predicted octanol–water partition coefficient (Wildman–Crippen LogP) is 5.37. The fourth-order valence-electron chi connectivity index (χ4n) is 2.23. The minimum atomic E-state index is 0.0983. The molecule has 0 aliphatic rings. The van der Waals surface area contributed by atoms with Crippen LogP contribution in [0.1, 0.15) is 47.8 Å². The molecule has 0 aromatic heterocycles. The van der Waals surface area contributed by atoms with E-state index in [9.17, 15) is 4.79 Å². The molecule has 2 rings (SSSR count). The molecule has 21 heavy (non-hydrogen) atoms. The van der Waals surface area contributed by atoms with Crippen molar-refractivity contribution in [2.24, 2.45) is 0 Å². The van der Waals surface area contributed by atoms with E-state index in [1.165, 1.54) is 5.56 Å². The summed E-state index contributed by atoms with van der Waals surface area (Å²) in [5, 5.41) is 0.662. The van der Waals surface area contributed by atoms with Crippen LogP contribution < -0.4 is 0 Å². The van der Waals surface area contributed by atoms with E-state index in [1.807, 2.05) is 49.4 Å². The van der Waals surface area contributed by atoms with E-state index < -0.39 is 0 Å². The van der Waals surface area contributed by atoms with Crippen molar-refractivity contribution in [3.8, 4) is 0 Å². The van der Waals surface area contributed by atoms with Crippen LogP contribution in [0.3, 0.4) is 0 Å². The highest BCUT2D eigenvalue weighted by molar-refractivity contribution is 6.31. The highest BCUT2D eigenvalue weighted by atomic mass is 35.5. The second-order valence-electron chi connectivity index (χ2n) is 6.52. The Kier molecular flexibility index (Phi) is 4.53. The Balaban J connectivity index is 2.17. The number of rotatable bonds is 3. The number of hydrogen-bond donors (Lipinski definition) is 0. The molecule has 110 valence electrons. The largest absolute Gasteiger partial charge is 0.294 e. The molecule has 0 saturated heterocycles. The number of halogens is 1. The van der Waals surface area contributed by atoms with Crippen LogP contribution in [0.25, 0.3) is 0 Å². The number of carbonyl (C=O) groups is 1. The van der Waals surface area contributed by atoms with Crippen molar-refractivity contribution in [1.29, 1.82) is 0 Å². The van der Waals surface area contributed by atoms with E-state index in [2.05, 4.69) is 20.8 Å². The van der Waals surface area contributed by atoms with Crippen LogP contribution in [-0.4, -0.2) is 5.78 Å². The maximum atomic E-state index is 12.4. The molecule has 0 heterocycles. The highest BCUT2D eigenvalue weighted by Gasteiger charge is 2.15. The van der Waals surface area contributed by atoms with Crippen molar-refractivity contribution < 1.29 is 4.79 Å². The van der Waals surface area contributed by atoms with Gasteiger partial charge in [-0.1, -0.05) is 68.8 Å². The molecule has 2 heteroatoms. The first-order valence-corrected chi connectivity index (χ1v) is 7.54. The lowest BCUT2D eigenvalue weighted by Crippen LogP contribution is -2.11. The Hall–Kier alpha value is -1.60. The molecule has 0 aliphatic heterocycles. The normalized spacial score (nSPS) is 11.5. The lowest BCUT2D eigenvalue weighted by Gasteiger charge is -2.19. The maximum Gasteiger partial charge on any atom is 0.167 e. The highest BCUT2D eigenvalue weighted by Crippen LogP contribution is 2.23. The van der Waals surface area contributed by atoms with E-state index in [1.54, 1.807) is 0 Å². The third-order valence-electron chi connectivity index (χ3n) is 3.63. The molecule has 0 fully saturated rings. The SMILES string of the molecule is Cc1ccc(CC(=O)c2ccc(C(C)(C)C)cc2)c(Cl)c1. The number of Topliss-reactive ketones (excluding diaryl/α,β-unsaturated/α-hetero) is 1. The summed E-state index contributed by atoms with van der Waals surface area (Å²) in [6.45, 7) is 8.48. The van der Waals surface area contributed by atoms with Gasteiger partial charge >= 0.3 is 0 Å². The maximum absolute atomic E-state index is 12.4. The molecule has 0 N–H and O–H groups in total. The van der Waals surface area contributed by atoms with Gasteiger partial charge in [0.15, 0.2) is 5.78 Å². The summed E-state index contributed by atoms with van der Waals surface area (Å²) in [5.41, 5.74) is 4.05. The van der Waals surface area contributed by atoms with Gasteiger partial charge in [0.05, 0.1) is 0 Å². The smallest absolute Gasteiger partial charge is 0.167 e. The van der Waals surface area contributed by atoms with Crippen LogP contribution in [0.15, 0.2) is 42.5 Å². The zero-order valence-electron chi connectivity index (χ0n) is 13.0. The quantitative estimate of drug-likeness (QED) is 0.696. The summed E-state index contributed by atoms with van der Waals surface area (Å²) in [6, 6.07) is 13.7. The summed E-state index contributed by atoms with van der Waals surface area (Å²) in [5.74, 6) is 0.0983. The fraction of sp³-hybridized carbons (Fsp3) is 0.316. The van der Waals surface area contributed by atoms with Crippen LogP contribution in [0.5, 0.6) is 0 Å². The molecule has 0 aliphatic carbocycles. The van der Waals surface area contributed by atoms with Crippen molar-refractivity contribution in [3.05, 3.63) is 69.7 Å². The molecule has 1 nitrogen and oxygen atoms in total. The Morgan fingerprint density at radius 2 is 1.67 bits per heavy atom. The monoisotopic (exact) mass is 300 g/mol. The van der Waals surface area contributed by atoms with Crippen molar-refractivity contribution in [2.45, 2.75) is 39.5 Å². The van der Waals surface area contributed by atoms with Crippen molar-refractivity contribution in [3.63, 3.8) is 0 Å². The third kappa shape index (κ3) is 3.95. The van der Waals surface area contributed by atoms with Crippen LogP contribution in [0, 0.1) is 6.92 Å². The molecule has 0 spiro atoms. The summed E-state index contributed by atoms with van der Waals surface area (Å²) >= 11 is 6.19. The molecule has 0 unspecified atom stereocenters. The van der Waals surface area contributed by atoms with E-state index in [0.29, 0.717) is 11.4 Å². The van der Waals surface area contributed by atoms with Gasteiger partial charge in [0, 0.05) is 17.0 Å². The van der Waals surface area contributed by atoms with Gasteiger partial charge in [0.25, 0.3) is 0 Å². The first-order valence-electron chi connectivity index (χ1n) is 7.16. The average Bonchev–Trinajstić information content (AvgIpc) is 2.41. The van der Waals surface area contributed by atoms with Gasteiger partial charge in [-0.25, -0.2) is 0 Å². The zero-order chi connectivity index (χ0) is 15.6. The molecule has 0 amide bonds. The van der Waals surface area contributed by atoms with E-state index in [0.717, 1.165) is 16.7 Å². The molecular weight excluding hydrogens is 280 g/mol. The summed E-state index contributed by atoms with van der Waals surface area (Å²) in [4.78, 5) is 12.4. The van der Waals surface area contributed by atoms with Gasteiger partial charge in [-0.15, -0.1) is 0 Å². The number of ketones is 1. The lowest BCUT2D eigenvalue weighted by atomic mass is 9.86. The van der Waals surface area contributed by atoms with Crippen molar-refractivity contribution in [1.82, 2.24) is 0 Å². The molecule has 0 saturated carbocycles. The average molecular weight is 301 g/mol. The van der Waals surface area contributed by atoms with Gasteiger partial charge in [-0.05, 0) is 35.1 Å². The Morgan fingerprint density at radius 1 is 1.05 bits per heavy atom. The molecular formula is C19H21ClO. The summed E-state index contributed by atoms with van der Waals surface area (Å²) in [7, 11) is 0. The molecule has 2 aromatic rings. The van der Waals surface area contributed by atoms with E-state index >= 15 is 0 Å². The zero-order valence-corrected chi connectivity index (χ0v) is 13.8. The number of hydrogen-bond acceptors (Lipinski definition) is 1. The number of carbonyl (C=O) groups excluding carboxylic acids is 1. The van der Waals surface area contributed by atoms with Gasteiger partial charge < -0.3 is 0 Å². The number of benzene rings is 2. The Morgan fingerprint density at radius 3 is 2.19 bits per heavy atom. The molecule has 0 bridgehead atoms. The summed E-state index contributed by atoms with van der Waals surface area (Å²) in [6.07, 6.45) is 0.341. The van der Waals surface area contributed by atoms with Crippen LogP contribution >= 0.6 is 11.6 Å². The van der Waals surface area contributed by atoms with Gasteiger partial charge in [-0.3, -0.25) is 4.79 Å². The first kappa shape index (κ1) is 15.8. The Bertz CT molecular complexity index is 648. The topological polar surface area (TPSA) is 17.1 Å². The predicted molar refractivity (Wildman–Crippen MR) is 89.4 cm³/mol. The molecule has 0 atom stereocenters. The minimum absolute atomic E-state index is 0.0983. The second kappa shape index (κ2) is 6.03. The Labute approximate surface area is 132 Å². The standard InChI is InChI=1S/C19H21ClO/c1-13-5-6-15(17(20)11-13)12-18(21)14-7-9-16(10-8-14)19(2,3)4/h5-11H,12H2,1-4H3. The lowest BCUT2D eigenvalue weighted by molar-refractivity contribution is 0.0993. The van der Waals surface area contributed by atoms with Crippen LogP contribution in [-0.2, 0) is 11.8 Å². The van der Waals surface area contributed by atoms with Gasteiger partial charge in [0.1, 0.15) is 0 Å². The molecule has 0 radical (unpaired) electrons. The van der Waals surface area contributed by atoms with Gasteiger partial charge in [-0.2, -0.15) is 0 Å². The fourth-order valence-corrected chi connectivity index (χ4v) is 2.53. The van der Waals surface area contributed by atoms with Crippen molar-refractivity contribution in [2.75, 3.05) is 0 Å². The van der Waals surface area contributed by atoms with Crippen molar-refractivity contribution >= 4 is 17.4 Å². The van der Waals surface area contributed by atoms with E-state index in [-0.39, 0.29) is 11.2 Å². The number of aryl methyl sites for hydroxylation is 1.